The predicted molar refractivity (Wildman–Crippen MR) is 74.4 cm³/mol. The summed E-state index contributed by atoms with van der Waals surface area (Å²) in [7, 11) is 1.69. The second-order valence-corrected chi connectivity index (χ2v) is 5.39. The van der Waals surface area contributed by atoms with Crippen LogP contribution in [0.15, 0.2) is 24.5 Å². The number of hydrogen-bond acceptors (Lipinski definition) is 4. The molecular formula is C14H22N4O. The Hall–Kier alpha value is -1.46. The predicted octanol–water partition coefficient (Wildman–Crippen LogP) is 0.539. The Morgan fingerprint density at radius 3 is 2.84 bits per heavy atom. The van der Waals surface area contributed by atoms with Crippen molar-refractivity contribution in [1.82, 2.24) is 15.2 Å². The van der Waals surface area contributed by atoms with Gasteiger partial charge in [-0.3, -0.25) is 14.7 Å². The number of hydrogen-bond donors (Lipinski definition) is 2. The molecule has 0 spiro atoms. The fourth-order valence-corrected chi connectivity index (χ4v) is 2.83. The van der Waals surface area contributed by atoms with E-state index in [1.165, 1.54) is 5.56 Å². The number of pyridine rings is 1. The van der Waals surface area contributed by atoms with Crippen molar-refractivity contribution in [3.8, 4) is 0 Å². The Labute approximate surface area is 114 Å². The third kappa shape index (κ3) is 2.77. The molecule has 3 N–H and O–H groups in total. The van der Waals surface area contributed by atoms with E-state index in [9.17, 15) is 4.79 Å². The highest BCUT2D eigenvalue weighted by Gasteiger charge is 2.41. The molecule has 19 heavy (non-hydrogen) atoms. The Morgan fingerprint density at radius 2 is 2.26 bits per heavy atom. The van der Waals surface area contributed by atoms with Crippen LogP contribution >= 0.6 is 0 Å². The number of aromatic nitrogens is 1. The third-order valence-electron chi connectivity index (χ3n) is 4.03. The van der Waals surface area contributed by atoms with Gasteiger partial charge in [-0.1, -0.05) is 0 Å². The average molecular weight is 262 g/mol. The highest BCUT2D eigenvalue weighted by molar-refractivity contribution is 5.82. The quantitative estimate of drug-likeness (QED) is 0.831. The smallest absolute Gasteiger partial charge is 0.227 e. The third-order valence-corrected chi connectivity index (χ3v) is 4.03. The first kappa shape index (κ1) is 14.0. The monoisotopic (exact) mass is 262 g/mol. The first-order valence-corrected chi connectivity index (χ1v) is 6.67. The van der Waals surface area contributed by atoms with Gasteiger partial charge in [-0.05, 0) is 37.6 Å². The lowest BCUT2D eigenvalue weighted by Crippen LogP contribution is -2.40. The number of rotatable bonds is 4. The minimum atomic E-state index is -0.310. The van der Waals surface area contributed by atoms with Crippen LogP contribution in [-0.4, -0.2) is 42.5 Å². The van der Waals surface area contributed by atoms with Gasteiger partial charge in [0.15, 0.2) is 0 Å². The summed E-state index contributed by atoms with van der Waals surface area (Å²) in [5, 5.41) is 2.76. The SMILES string of the molecule is CNC(=O)C1(C)CCN(C(CN)c2ccncc2)C1. The molecule has 0 aliphatic carbocycles. The van der Waals surface area contributed by atoms with Gasteiger partial charge in [0, 0.05) is 38.6 Å². The number of nitrogens with one attached hydrogen (secondary N) is 1. The summed E-state index contributed by atoms with van der Waals surface area (Å²) in [5.41, 5.74) is 6.77. The molecule has 5 heteroatoms. The number of carbonyl (C=O) groups is 1. The number of carbonyl (C=O) groups excluding carboxylic acids is 1. The summed E-state index contributed by atoms with van der Waals surface area (Å²) in [6.45, 7) is 4.21. The topological polar surface area (TPSA) is 71.2 Å². The van der Waals surface area contributed by atoms with E-state index in [0.29, 0.717) is 6.54 Å². The summed E-state index contributed by atoms with van der Waals surface area (Å²) in [6, 6.07) is 4.15. The lowest BCUT2D eigenvalue weighted by atomic mass is 9.89. The molecule has 0 radical (unpaired) electrons. The van der Waals surface area contributed by atoms with Crippen molar-refractivity contribution in [3.05, 3.63) is 30.1 Å². The summed E-state index contributed by atoms with van der Waals surface area (Å²) in [4.78, 5) is 18.3. The second-order valence-electron chi connectivity index (χ2n) is 5.39. The molecule has 104 valence electrons. The van der Waals surface area contributed by atoms with Crippen molar-refractivity contribution in [2.24, 2.45) is 11.1 Å². The van der Waals surface area contributed by atoms with Gasteiger partial charge < -0.3 is 11.1 Å². The van der Waals surface area contributed by atoms with E-state index in [1.54, 1.807) is 19.4 Å². The van der Waals surface area contributed by atoms with Crippen LogP contribution in [0.25, 0.3) is 0 Å². The summed E-state index contributed by atoms with van der Waals surface area (Å²) in [5.74, 6) is 0.112. The van der Waals surface area contributed by atoms with Crippen LogP contribution in [-0.2, 0) is 4.79 Å². The van der Waals surface area contributed by atoms with Crippen LogP contribution in [0.4, 0.5) is 0 Å². The molecule has 0 bridgehead atoms. The fraction of sp³-hybridized carbons (Fsp3) is 0.571. The fourth-order valence-electron chi connectivity index (χ4n) is 2.83. The first-order chi connectivity index (χ1) is 9.10. The molecule has 2 rings (SSSR count). The van der Waals surface area contributed by atoms with Crippen LogP contribution in [0.1, 0.15) is 24.9 Å². The molecule has 2 atom stereocenters. The molecule has 2 heterocycles. The second kappa shape index (κ2) is 5.67. The van der Waals surface area contributed by atoms with Gasteiger partial charge in [-0.25, -0.2) is 0 Å². The van der Waals surface area contributed by atoms with Gasteiger partial charge in [-0.2, -0.15) is 0 Å². The molecule has 1 aliphatic rings. The molecule has 0 saturated carbocycles. The molecule has 1 aromatic rings. The molecule has 2 unspecified atom stereocenters. The standard InChI is InChI=1S/C14H22N4O/c1-14(13(19)16-2)5-8-18(10-14)12(9-15)11-3-6-17-7-4-11/h3-4,6-7,12H,5,8-10,15H2,1-2H3,(H,16,19). The maximum atomic E-state index is 11.9. The van der Waals surface area contributed by atoms with Crippen molar-refractivity contribution >= 4 is 5.91 Å². The molecule has 1 amide bonds. The summed E-state index contributed by atoms with van der Waals surface area (Å²) in [6.07, 6.45) is 4.44. The maximum absolute atomic E-state index is 11.9. The zero-order chi connectivity index (χ0) is 13.9. The van der Waals surface area contributed by atoms with Gasteiger partial charge in [0.1, 0.15) is 0 Å². The number of likely N-dealkylation sites (tertiary alicyclic amines) is 1. The minimum absolute atomic E-state index is 0.112. The lowest BCUT2D eigenvalue weighted by Gasteiger charge is -2.29. The number of nitrogens with two attached hydrogens (primary N) is 1. The van der Waals surface area contributed by atoms with Crippen molar-refractivity contribution in [2.45, 2.75) is 19.4 Å². The normalized spacial score (nSPS) is 25.2. The van der Waals surface area contributed by atoms with Gasteiger partial charge >= 0.3 is 0 Å². The summed E-state index contributed by atoms with van der Waals surface area (Å²) >= 11 is 0. The van der Waals surface area contributed by atoms with Crippen LogP contribution in [0.2, 0.25) is 0 Å². The molecule has 0 aromatic carbocycles. The average Bonchev–Trinajstić information content (AvgIpc) is 2.84. The molecule has 1 aromatic heterocycles. The van der Waals surface area contributed by atoms with E-state index >= 15 is 0 Å². The van der Waals surface area contributed by atoms with Gasteiger partial charge in [0.05, 0.1) is 5.41 Å². The molecule has 5 nitrogen and oxygen atoms in total. The highest BCUT2D eigenvalue weighted by atomic mass is 16.2. The van der Waals surface area contributed by atoms with Crippen LogP contribution in [0.5, 0.6) is 0 Å². The Morgan fingerprint density at radius 1 is 1.58 bits per heavy atom. The maximum Gasteiger partial charge on any atom is 0.227 e. The van der Waals surface area contributed by atoms with E-state index in [2.05, 4.69) is 15.2 Å². The Kier molecular flexibility index (Phi) is 4.17. The first-order valence-electron chi connectivity index (χ1n) is 6.67. The molecule has 1 saturated heterocycles. The van der Waals surface area contributed by atoms with Crippen LogP contribution in [0.3, 0.4) is 0 Å². The number of nitrogens with zero attached hydrogens (tertiary/aromatic N) is 2. The lowest BCUT2D eigenvalue weighted by molar-refractivity contribution is -0.129. The zero-order valence-corrected chi connectivity index (χ0v) is 11.6. The van der Waals surface area contributed by atoms with Crippen LogP contribution < -0.4 is 11.1 Å². The molecule has 1 aliphatic heterocycles. The van der Waals surface area contributed by atoms with Crippen molar-refractivity contribution in [1.29, 1.82) is 0 Å². The van der Waals surface area contributed by atoms with Crippen molar-refractivity contribution in [2.75, 3.05) is 26.7 Å². The van der Waals surface area contributed by atoms with Gasteiger partial charge in [0.2, 0.25) is 5.91 Å². The minimum Gasteiger partial charge on any atom is -0.359 e. The van der Waals surface area contributed by atoms with Crippen LogP contribution in [0, 0.1) is 5.41 Å². The van der Waals surface area contributed by atoms with E-state index in [0.717, 1.165) is 19.5 Å². The van der Waals surface area contributed by atoms with E-state index < -0.39 is 0 Å². The largest absolute Gasteiger partial charge is 0.359 e. The zero-order valence-electron chi connectivity index (χ0n) is 11.6. The summed E-state index contributed by atoms with van der Waals surface area (Å²) < 4.78 is 0. The Bertz CT molecular complexity index is 436. The molecular weight excluding hydrogens is 240 g/mol. The van der Waals surface area contributed by atoms with Crippen molar-refractivity contribution in [3.63, 3.8) is 0 Å². The highest BCUT2D eigenvalue weighted by Crippen LogP contribution is 2.35. The number of amides is 1. The molecule has 1 fully saturated rings. The van der Waals surface area contributed by atoms with Gasteiger partial charge in [-0.15, -0.1) is 0 Å². The van der Waals surface area contributed by atoms with Gasteiger partial charge in [0.25, 0.3) is 0 Å². The van der Waals surface area contributed by atoms with E-state index in [1.807, 2.05) is 19.1 Å². The van der Waals surface area contributed by atoms with E-state index in [-0.39, 0.29) is 17.4 Å². The van der Waals surface area contributed by atoms with Crippen molar-refractivity contribution < 1.29 is 4.79 Å². The Balaban J connectivity index is 2.13. The van der Waals surface area contributed by atoms with E-state index in [4.69, 9.17) is 5.73 Å².